The molecule has 0 aromatic carbocycles. The van der Waals surface area contributed by atoms with Crippen LogP contribution in [0, 0.1) is 11.8 Å². The Labute approximate surface area is 341 Å². The number of hydrogen-bond donors (Lipinski definition) is 10. The van der Waals surface area contributed by atoms with Gasteiger partial charge >= 0.3 is 17.9 Å². The Kier molecular flexibility index (Phi) is 23.2. The highest BCUT2D eigenvalue weighted by molar-refractivity contribution is 7.90. The van der Waals surface area contributed by atoms with Crippen molar-refractivity contribution in [2.24, 2.45) is 11.8 Å². The largest absolute Gasteiger partial charge is 0.481 e. The highest BCUT2D eigenvalue weighted by Gasteiger charge is 2.36. The molecule has 24 heteroatoms. The highest BCUT2D eigenvalue weighted by Crippen LogP contribution is 2.11. The van der Waals surface area contributed by atoms with Gasteiger partial charge in [-0.25, -0.2) is 8.42 Å². The van der Waals surface area contributed by atoms with Crippen LogP contribution in [0.2, 0.25) is 0 Å². The Morgan fingerprint density at radius 2 is 0.915 bits per heavy atom. The molecule has 0 aliphatic carbocycles. The van der Waals surface area contributed by atoms with Gasteiger partial charge in [-0.15, -0.1) is 0 Å². The smallest absolute Gasteiger partial charge is 0.322 e. The molecule has 7 amide bonds. The first kappa shape index (κ1) is 53.3. The highest BCUT2D eigenvalue weighted by atomic mass is 32.2. The number of ketones is 1. The van der Waals surface area contributed by atoms with Crippen LogP contribution in [0.15, 0.2) is 0 Å². The van der Waals surface area contributed by atoms with E-state index in [0.29, 0.717) is 0 Å². The Balaban J connectivity index is 6.39. The molecule has 334 valence electrons. The molecule has 0 aliphatic rings. The Morgan fingerprint density at radius 1 is 0.525 bits per heavy atom. The molecule has 0 heterocycles. The molecule has 0 spiro atoms. The van der Waals surface area contributed by atoms with Gasteiger partial charge in [0.15, 0.2) is 0 Å². The Hall–Kier alpha value is -5.68. The third kappa shape index (κ3) is 21.6. The molecule has 0 saturated heterocycles. The van der Waals surface area contributed by atoms with Crippen molar-refractivity contribution >= 4 is 74.9 Å². The van der Waals surface area contributed by atoms with Gasteiger partial charge in [-0.1, -0.05) is 41.0 Å². The molecule has 0 aliphatic heterocycles. The van der Waals surface area contributed by atoms with E-state index in [1.54, 1.807) is 6.92 Å². The van der Waals surface area contributed by atoms with Gasteiger partial charge < -0.3 is 52.5 Å². The predicted octanol–water partition coefficient (Wildman–Crippen LogP) is -3.04. The Morgan fingerprint density at radius 3 is 1.32 bits per heavy atom. The summed E-state index contributed by atoms with van der Waals surface area (Å²) in [5.74, 6) is -14.4. The summed E-state index contributed by atoms with van der Waals surface area (Å²) in [4.78, 5) is 137. The van der Waals surface area contributed by atoms with E-state index < -0.39 is 161 Å². The molecule has 10 N–H and O–H groups in total. The van der Waals surface area contributed by atoms with Crippen LogP contribution >= 0.6 is 0 Å². The van der Waals surface area contributed by atoms with Gasteiger partial charge in [0, 0.05) is 26.0 Å². The normalized spacial score (nSPS) is 14.3. The number of Topliss-reactive ketones (excluding diaryl/α,β-unsaturated/α-hetero) is 1. The van der Waals surface area contributed by atoms with Gasteiger partial charge in [-0.3, -0.25) is 52.7 Å². The fraction of sp³-hybridized carbons (Fsp3) is 0.686. The zero-order valence-electron chi connectivity index (χ0n) is 34.0. The zero-order valence-corrected chi connectivity index (χ0v) is 34.9. The number of hydrogen-bond acceptors (Lipinski definition) is 13. The maximum Gasteiger partial charge on any atom is 0.322 e. The first-order valence-corrected chi connectivity index (χ1v) is 20.7. The van der Waals surface area contributed by atoms with Gasteiger partial charge in [-0.2, -0.15) is 0 Å². The molecular weight excluding hydrogens is 806 g/mol. The van der Waals surface area contributed by atoms with Gasteiger partial charge in [0.05, 0.1) is 11.8 Å². The van der Waals surface area contributed by atoms with Crippen molar-refractivity contribution in [3.05, 3.63) is 0 Å². The summed E-state index contributed by atoms with van der Waals surface area (Å²) in [6.45, 7) is 7.86. The van der Waals surface area contributed by atoms with Crippen molar-refractivity contribution in [3.8, 4) is 0 Å². The van der Waals surface area contributed by atoms with Crippen molar-refractivity contribution < 1.29 is 76.5 Å². The average molecular weight is 864 g/mol. The van der Waals surface area contributed by atoms with E-state index in [1.165, 1.54) is 27.7 Å². The standard InChI is InChI=1S/C35H57N7O16S/c1-8-9-20(29(50)35(56)36-16-26(48)49)38-31(52)23(14-15-59(7,57)58)40-33(54)27(17(2)3)42-34(55)28(18(4)5)41-32(53)22(11-13-25(46)47)39-30(51)21(37-19(6)43)10-12-24(44)45/h17-18,20-23,27-28H,8-16H2,1-7H3,(H,36,56)(H,37,43)(H,38,52)(H,39,51)(H,40,54)(H,41,53)(H,42,55)(H,44,45)(H,46,47)(H,48,49)/t20-,21-,22-,23-,27-,28-/m0/s1. The minimum absolute atomic E-state index is 0.0910. The second-order valence-corrected chi connectivity index (χ2v) is 16.7. The molecule has 0 radical (unpaired) electrons. The zero-order chi connectivity index (χ0) is 45.8. The van der Waals surface area contributed by atoms with Gasteiger partial charge in [0.25, 0.3) is 5.91 Å². The molecule has 0 unspecified atom stereocenters. The van der Waals surface area contributed by atoms with Crippen LogP contribution in [-0.4, -0.2) is 144 Å². The van der Waals surface area contributed by atoms with Crippen LogP contribution in [0.25, 0.3) is 0 Å². The van der Waals surface area contributed by atoms with E-state index in [9.17, 15) is 66.3 Å². The molecular formula is C35H57N7O16S. The fourth-order valence-corrected chi connectivity index (χ4v) is 5.91. The van der Waals surface area contributed by atoms with Gasteiger partial charge in [0.2, 0.25) is 41.2 Å². The van der Waals surface area contributed by atoms with Crippen molar-refractivity contribution in [2.75, 3.05) is 18.6 Å². The molecule has 6 atom stereocenters. The van der Waals surface area contributed by atoms with Crippen molar-refractivity contribution in [3.63, 3.8) is 0 Å². The van der Waals surface area contributed by atoms with Crippen LogP contribution in [0.1, 0.15) is 86.5 Å². The van der Waals surface area contributed by atoms with Gasteiger partial charge in [-0.05, 0) is 37.5 Å². The summed E-state index contributed by atoms with van der Waals surface area (Å²) in [5.41, 5.74) is 0. The summed E-state index contributed by atoms with van der Waals surface area (Å²) >= 11 is 0. The van der Waals surface area contributed by atoms with Crippen LogP contribution in [0.4, 0.5) is 0 Å². The number of carbonyl (C=O) groups excluding carboxylic acids is 8. The van der Waals surface area contributed by atoms with E-state index in [-0.39, 0.29) is 19.3 Å². The number of aliphatic carboxylic acids is 3. The summed E-state index contributed by atoms with van der Waals surface area (Å²) in [7, 11) is -3.73. The lowest BCUT2D eigenvalue weighted by Gasteiger charge is -2.30. The molecule has 0 bridgehead atoms. The van der Waals surface area contributed by atoms with E-state index in [0.717, 1.165) is 13.2 Å². The summed E-state index contributed by atoms with van der Waals surface area (Å²) < 4.78 is 24.1. The minimum atomic E-state index is -3.73. The third-order valence-corrected chi connectivity index (χ3v) is 9.34. The lowest BCUT2D eigenvalue weighted by molar-refractivity contribution is -0.143. The number of nitrogens with one attached hydrogen (secondary N) is 7. The van der Waals surface area contributed by atoms with Crippen LogP contribution in [-0.2, 0) is 62.6 Å². The van der Waals surface area contributed by atoms with E-state index in [1.807, 2.05) is 5.32 Å². The topological polar surface area (TPSA) is 367 Å². The molecule has 0 fully saturated rings. The van der Waals surface area contributed by atoms with E-state index >= 15 is 0 Å². The maximum atomic E-state index is 13.7. The average Bonchev–Trinajstić information content (AvgIpc) is 3.11. The first-order valence-electron chi connectivity index (χ1n) is 18.6. The molecule has 23 nitrogen and oxygen atoms in total. The molecule has 0 rings (SSSR count). The molecule has 59 heavy (non-hydrogen) atoms. The third-order valence-electron chi connectivity index (χ3n) is 8.36. The molecule has 0 aromatic heterocycles. The fourth-order valence-electron chi connectivity index (χ4n) is 5.25. The minimum Gasteiger partial charge on any atom is -0.481 e. The predicted molar refractivity (Wildman–Crippen MR) is 206 cm³/mol. The maximum absolute atomic E-state index is 13.7. The second-order valence-electron chi connectivity index (χ2n) is 14.4. The number of carbonyl (C=O) groups is 11. The number of carboxylic acids is 3. The lowest BCUT2D eigenvalue weighted by Crippen LogP contribution is -2.61. The van der Waals surface area contributed by atoms with E-state index in [2.05, 4.69) is 31.9 Å². The van der Waals surface area contributed by atoms with Crippen molar-refractivity contribution in [1.29, 1.82) is 0 Å². The summed E-state index contributed by atoms with van der Waals surface area (Å²) in [5, 5.41) is 43.2. The number of carboxylic acid groups (broad SMARTS) is 3. The van der Waals surface area contributed by atoms with Crippen LogP contribution < -0.4 is 37.2 Å². The van der Waals surface area contributed by atoms with Gasteiger partial charge in [0.1, 0.15) is 46.6 Å². The van der Waals surface area contributed by atoms with Crippen LogP contribution in [0.5, 0.6) is 0 Å². The lowest BCUT2D eigenvalue weighted by atomic mass is 9.98. The quantitative estimate of drug-likeness (QED) is 0.0350. The SMILES string of the molecule is CCC[C@H](NC(=O)[C@H](CCS(C)(=O)=O)NC(=O)[C@@H](NC(=O)[C@@H](NC(=O)[C@H](CCC(=O)O)NC(=O)[C@H](CCC(=O)O)NC(C)=O)C(C)C)C(C)C)C(=O)C(=O)NCC(=O)O. The summed E-state index contributed by atoms with van der Waals surface area (Å²) in [6, 6.07) is -9.02. The number of rotatable bonds is 28. The molecule has 0 aromatic rings. The van der Waals surface area contributed by atoms with E-state index in [4.69, 9.17) is 10.2 Å². The number of amides is 7. The first-order chi connectivity index (χ1) is 27.2. The summed E-state index contributed by atoms with van der Waals surface area (Å²) in [6.07, 6.45) is -1.51. The van der Waals surface area contributed by atoms with Crippen molar-refractivity contribution in [1.82, 2.24) is 37.2 Å². The molecule has 0 saturated carbocycles. The Bertz CT molecular complexity index is 1680. The number of sulfone groups is 1. The van der Waals surface area contributed by atoms with Crippen LogP contribution in [0.3, 0.4) is 0 Å². The van der Waals surface area contributed by atoms with Crippen molar-refractivity contribution in [2.45, 2.75) is 123 Å². The second kappa shape index (κ2) is 25.6. The monoisotopic (exact) mass is 863 g/mol.